The van der Waals surface area contributed by atoms with E-state index in [2.05, 4.69) is 31.3 Å². The highest BCUT2D eigenvalue weighted by Gasteiger charge is 2.27. The number of pyridine rings is 1. The summed E-state index contributed by atoms with van der Waals surface area (Å²) in [7, 11) is 0. The van der Waals surface area contributed by atoms with E-state index >= 15 is 0 Å². The van der Waals surface area contributed by atoms with Gasteiger partial charge in [0.2, 0.25) is 0 Å². The lowest BCUT2D eigenvalue weighted by atomic mass is 10.1. The second kappa shape index (κ2) is 13.4. The van der Waals surface area contributed by atoms with E-state index < -0.39 is 29.6 Å². The first-order valence-corrected chi connectivity index (χ1v) is 13.4. The first-order valence-electron chi connectivity index (χ1n) is 13.4. The zero-order chi connectivity index (χ0) is 29.2. The number of hydrogen-bond donors (Lipinski definition) is 4. The lowest BCUT2D eigenvalue weighted by Crippen LogP contribution is -2.51. The van der Waals surface area contributed by atoms with E-state index in [1.54, 1.807) is 69.6 Å². The highest BCUT2D eigenvalue weighted by Crippen LogP contribution is 2.17. The van der Waals surface area contributed by atoms with Crippen molar-refractivity contribution >= 4 is 40.3 Å². The molecule has 1 atom stereocenters. The number of anilines is 2. The number of urea groups is 1. The van der Waals surface area contributed by atoms with Crippen molar-refractivity contribution in [3.63, 3.8) is 0 Å². The molecular formula is C30H35N7O4. The van der Waals surface area contributed by atoms with Crippen molar-refractivity contribution in [1.29, 1.82) is 0 Å². The molecule has 2 aromatic carbocycles. The number of esters is 1. The Morgan fingerprint density at radius 2 is 1.78 bits per heavy atom. The second-order valence-electron chi connectivity index (χ2n) is 10.4. The van der Waals surface area contributed by atoms with E-state index in [0.717, 1.165) is 29.7 Å². The van der Waals surface area contributed by atoms with Crippen LogP contribution in [0.2, 0.25) is 0 Å². The minimum absolute atomic E-state index is 0.156. The number of fused-ring (bicyclic) bond motifs is 1. The fraction of sp³-hybridized carbons (Fsp3) is 0.300. The molecule has 4 N–H and O–H groups in total. The average molecular weight is 558 g/mol. The maximum absolute atomic E-state index is 13.0. The highest BCUT2D eigenvalue weighted by atomic mass is 16.6. The molecule has 0 aliphatic rings. The number of hydrogen-bond acceptors (Lipinski definition) is 7. The number of ether oxygens (including phenoxy) is 1. The third kappa shape index (κ3) is 8.79. The molecule has 0 aliphatic heterocycles. The number of amides is 3. The monoisotopic (exact) mass is 557 g/mol. The summed E-state index contributed by atoms with van der Waals surface area (Å²) >= 11 is 0. The van der Waals surface area contributed by atoms with Crippen molar-refractivity contribution in [3.05, 3.63) is 84.7 Å². The smallest absolute Gasteiger partial charge is 0.331 e. The number of aryl methyl sites for hydroxylation is 1. The van der Waals surface area contributed by atoms with Crippen LogP contribution in [0, 0.1) is 0 Å². The van der Waals surface area contributed by atoms with Gasteiger partial charge in [0.25, 0.3) is 5.91 Å². The number of nitrogens with zero attached hydrogens (tertiary/aromatic N) is 3. The van der Waals surface area contributed by atoms with Crippen LogP contribution >= 0.6 is 0 Å². The molecule has 2 heterocycles. The first-order chi connectivity index (χ1) is 19.7. The lowest BCUT2D eigenvalue weighted by molar-refractivity contribution is -0.156. The lowest BCUT2D eigenvalue weighted by Gasteiger charge is -2.25. The highest BCUT2D eigenvalue weighted by molar-refractivity contribution is 5.98. The van der Waals surface area contributed by atoms with Crippen LogP contribution in [0.1, 0.15) is 37.6 Å². The SMILES string of the molecule is CC(C)(C)OC(=O)[C@H](CNC(=O)c1ccc2c(cnn2CCCNc2ccccn2)c1)NC(=O)Nc1ccccc1. The van der Waals surface area contributed by atoms with Crippen LogP contribution < -0.4 is 21.3 Å². The molecule has 4 rings (SSSR count). The van der Waals surface area contributed by atoms with Crippen LogP contribution in [-0.4, -0.2) is 57.4 Å². The maximum atomic E-state index is 13.0. The van der Waals surface area contributed by atoms with Crippen molar-refractivity contribution in [2.75, 3.05) is 23.7 Å². The van der Waals surface area contributed by atoms with E-state index in [4.69, 9.17) is 4.74 Å². The Morgan fingerprint density at radius 1 is 1.00 bits per heavy atom. The number of carbonyl (C=O) groups is 3. The molecule has 0 saturated heterocycles. The van der Waals surface area contributed by atoms with Gasteiger partial charge in [0.15, 0.2) is 0 Å². The Hall–Kier alpha value is -4.93. The summed E-state index contributed by atoms with van der Waals surface area (Å²) < 4.78 is 7.36. The van der Waals surface area contributed by atoms with Gasteiger partial charge in [0.05, 0.1) is 11.7 Å². The molecule has 0 radical (unpaired) electrons. The Labute approximate surface area is 238 Å². The summed E-state index contributed by atoms with van der Waals surface area (Å²) in [5.74, 6) is -0.220. The summed E-state index contributed by atoms with van der Waals surface area (Å²) in [4.78, 5) is 42.6. The molecule has 41 heavy (non-hydrogen) atoms. The topological polar surface area (TPSA) is 139 Å². The second-order valence-corrected chi connectivity index (χ2v) is 10.4. The third-order valence-electron chi connectivity index (χ3n) is 5.92. The van der Waals surface area contributed by atoms with E-state index in [1.165, 1.54) is 0 Å². The molecular weight excluding hydrogens is 522 g/mol. The van der Waals surface area contributed by atoms with Crippen LogP contribution in [0.4, 0.5) is 16.3 Å². The maximum Gasteiger partial charge on any atom is 0.331 e. The molecule has 0 unspecified atom stereocenters. The van der Waals surface area contributed by atoms with Gasteiger partial charge in [-0.25, -0.2) is 14.6 Å². The summed E-state index contributed by atoms with van der Waals surface area (Å²) in [5.41, 5.74) is 1.11. The van der Waals surface area contributed by atoms with Crippen molar-refractivity contribution in [1.82, 2.24) is 25.4 Å². The molecule has 11 nitrogen and oxygen atoms in total. The summed E-state index contributed by atoms with van der Waals surface area (Å²) in [6, 6.07) is 18.2. The molecule has 11 heteroatoms. The van der Waals surface area contributed by atoms with Gasteiger partial charge in [-0.3, -0.25) is 9.48 Å². The summed E-state index contributed by atoms with van der Waals surface area (Å²) in [6.45, 7) is 6.49. The molecule has 214 valence electrons. The van der Waals surface area contributed by atoms with Gasteiger partial charge in [-0.05, 0) is 69.7 Å². The summed E-state index contributed by atoms with van der Waals surface area (Å²) in [6.07, 6.45) is 4.30. The average Bonchev–Trinajstić information content (AvgIpc) is 3.35. The predicted octanol–water partition coefficient (Wildman–Crippen LogP) is 4.20. The zero-order valence-corrected chi connectivity index (χ0v) is 23.4. The number of carbonyl (C=O) groups excluding carboxylic acids is 3. The van der Waals surface area contributed by atoms with Crippen LogP contribution in [0.25, 0.3) is 10.9 Å². The molecule has 0 bridgehead atoms. The van der Waals surface area contributed by atoms with E-state index in [-0.39, 0.29) is 6.54 Å². The van der Waals surface area contributed by atoms with Crippen LogP contribution in [0.15, 0.2) is 79.1 Å². The quantitative estimate of drug-likeness (QED) is 0.160. The normalized spacial score (nSPS) is 11.9. The number of benzene rings is 2. The van der Waals surface area contributed by atoms with Gasteiger partial charge in [-0.2, -0.15) is 5.10 Å². The Kier molecular flexibility index (Phi) is 9.51. The van der Waals surface area contributed by atoms with Crippen LogP contribution in [-0.2, 0) is 16.1 Å². The molecule has 2 aromatic heterocycles. The Morgan fingerprint density at radius 3 is 2.51 bits per heavy atom. The van der Waals surface area contributed by atoms with Gasteiger partial charge >= 0.3 is 12.0 Å². The Bertz CT molecular complexity index is 1470. The molecule has 0 saturated carbocycles. The number of rotatable bonds is 11. The minimum Gasteiger partial charge on any atom is -0.458 e. The molecule has 3 amide bonds. The van der Waals surface area contributed by atoms with Crippen LogP contribution in [0.3, 0.4) is 0 Å². The molecule has 0 spiro atoms. The number of aromatic nitrogens is 3. The minimum atomic E-state index is -1.10. The van der Waals surface area contributed by atoms with Gasteiger partial charge in [-0.1, -0.05) is 24.3 Å². The molecule has 4 aromatic rings. The fourth-order valence-electron chi connectivity index (χ4n) is 4.03. The molecule has 0 fully saturated rings. The summed E-state index contributed by atoms with van der Waals surface area (Å²) in [5, 5.41) is 16.6. The predicted molar refractivity (Wildman–Crippen MR) is 158 cm³/mol. The van der Waals surface area contributed by atoms with Crippen LogP contribution in [0.5, 0.6) is 0 Å². The zero-order valence-electron chi connectivity index (χ0n) is 23.4. The standard InChI is InChI=1S/C30H35N7O4/c1-30(2,3)41-28(39)24(36-29(40)35-23-10-5-4-6-11-23)20-33-27(38)21-13-14-25-22(18-21)19-34-37(25)17-9-16-32-26-12-7-8-15-31-26/h4-8,10-15,18-19,24H,9,16-17,20H2,1-3H3,(H,31,32)(H,33,38)(H2,35,36,40)/t24-/m0/s1. The largest absolute Gasteiger partial charge is 0.458 e. The fourth-order valence-corrected chi connectivity index (χ4v) is 4.03. The molecule has 0 aliphatic carbocycles. The van der Waals surface area contributed by atoms with Crippen molar-refractivity contribution in [3.8, 4) is 0 Å². The van der Waals surface area contributed by atoms with Gasteiger partial charge in [0.1, 0.15) is 17.5 Å². The third-order valence-corrected chi connectivity index (χ3v) is 5.92. The van der Waals surface area contributed by atoms with Gasteiger partial charge in [-0.15, -0.1) is 0 Å². The van der Waals surface area contributed by atoms with E-state index in [0.29, 0.717) is 17.8 Å². The van der Waals surface area contributed by atoms with Crippen molar-refractivity contribution in [2.24, 2.45) is 0 Å². The van der Waals surface area contributed by atoms with Gasteiger partial charge in [0, 0.05) is 42.5 Å². The first kappa shape index (κ1) is 29.1. The van der Waals surface area contributed by atoms with E-state index in [9.17, 15) is 14.4 Å². The van der Waals surface area contributed by atoms with Crippen molar-refractivity contribution < 1.29 is 19.1 Å². The Balaban J connectivity index is 1.35. The van der Waals surface area contributed by atoms with E-state index in [1.807, 2.05) is 35.0 Å². The van der Waals surface area contributed by atoms with Gasteiger partial charge < -0.3 is 26.0 Å². The van der Waals surface area contributed by atoms with Crippen molar-refractivity contribution in [2.45, 2.75) is 45.4 Å². The number of para-hydroxylation sites is 1. The number of nitrogens with one attached hydrogen (secondary N) is 4.